The van der Waals surface area contributed by atoms with Crippen LogP contribution in [0.3, 0.4) is 0 Å². The second-order valence-corrected chi connectivity index (χ2v) is 4.87. The quantitative estimate of drug-likeness (QED) is 0.834. The summed E-state index contributed by atoms with van der Waals surface area (Å²) >= 11 is 0. The van der Waals surface area contributed by atoms with Gasteiger partial charge in [0.25, 0.3) is 0 Å². The fourth-order valence-corrected chi connectivity index (χ4v) is 2.40. The Labute approximate surface area is 99.0 Å². The number of hydrogen-bond donors (Lipinski definition) is 1. The van der Waals surface area contributed by atoms with Gasteiger partial charge in [-0.2, -0.15) is 5.10 Å². The molecule has 16 heavy (non-hydrogen) atoms. The molecule has 0 saturated carbocycles. The van der Waals surface area contributed by atoms with E-state index >= 15 is 0 Å². The molecule has 3 heteroatoms. The Bertz CT molecular complexity index is 339. The van der Waals surface area contributed by atoms with E-state index in [2.05, 4.69) is 32.8 Å². The van der Waals surface area contributed by atoms with Crippen LogP contribution in [0.1, 0.15) is 56.0 Å². The average Bonchev–Trinajstić information content (AvgIpc) is 2.45. The first-order valence-corrected chi connectivity index (χ1v) is 6.23. The monoisotopic (exact) mass is 223 g/mol. The first kappa shape index (κ1) is 13.2. The molecular formula is C13H25N3. The number of aryl methyl sites for hydroxylation is 2. The number of nitrogens with zero attached hydrogens (tertiary/aromatic N) is 2. The molecule has 2 atom stereocenters. The van der Waals surface area contributed by atoms with Crippen molar-refractivity contribution in [1.82, 2.24) is 9.78 Å². The van der Waals surface area contributed by atoms with Crippen LogP contribution >= 0.6 is 0 Å². The van der Waals surface area contributed by atoms with E-state index in [0.29, 0.717) is 12.0 Å². The average molecular weight is 223 g/mol. The lowest BCUT2D eigenvalue weighted by Crippen LogP contribution is -2.16. The van der Waals surface area contributed by atoms with Gasteiger partial charge < -0.3 is 5.73 Å². The van der Waals surface area contributed by atoms with Crippen molar-refractivity contribution < 1.29 is 0 Å². The summed E-state index contributed by atoms with van der Waals surface area (Å²) in [6.45, 7) is 8.59. The van der Waals surface area contributed by atoms with Crippen LogP contribution < -0.4 is 5.73 Å². The molecule has 1 aromatic rings. The fourth-order valence-electron chi connectivity index (χ4n) is 2.40. The summed E-state index contributed by atoms with van der Waals surface area (Å²) in [7, 11) is 2.02. The van der Waals surface area contributed by atoms with Gasteiger partial charge >= 0.3 is 0 Å². The van der Waals surface area contributed by atoms with Gasteiger partial charge in [-0.3, -0.25) is 4.68 Å². The maximum absolute atomic E-state index is 5.83. The molecule has 1 rings (SSSR count). The number of rotatable bonds is 5. The smallest absolute Gasteiger partial charge is 0.0631 e. The largest absolute Gasteiger partial charge is 0.328 e. The van der Waals surface area contributed by atoms with Crippen molar-refractivity contribution in [2.24, 2.45) is 12.8 Å². The van der Waals surface area contributed by atoms with Gasteiger partial charge in [0.2, 0.25) is 0 Å². The summed E-state index contributed by atoms with van der Waals surface area (Å²) < 4.78 is 1.99. The molecule has 2 N–H and O–H groups in total. The Morgan fingerprint density at radius 3 is 2.31 bits per heavy atom. The van der Waals surface area contributed by atoms with Gasteiger partial charge in [-0.25, -0.2) is 0 Å². The maximum atomic E-state index is 5.83. The third kappa shape index (κ3) is 2.85. The van der Waals surface area contributed by atoms with E-state index in [1.165, 1.54) is 29.8 Å². The topological polar surface area (TPSA) is 43.8 Å². The molecule has 0 spiro atoms. The third-order valence-electron chi connectivity index (χ3n) is 3.44. The van der Waals surface area contributed by atoms with E-state index in [4.69, 9.17) is 5.73 Å². The van der Waals surface area contributed by atoms with Gasteiger partial charge in [0, 0.05) is 18.8 Å². The van der Waals surface area contributed by atoms with Crippen molar-refractivity contribution in [3.63, 3.8) is 0 Å². The molecule has 0 aliphatic rings. The molecule has 92 valence electrons. The standard InChI is InChI=1S/C13H25N3/c1-6-12(8-7-9(2)14)13-10(3)15-16(5)11(13)4/h9,12H,6-8,14H2,1-5H3. The van der Waals surface area contributed by atoms with Gasteiger partial charge in [0.1, 0.15) is 0 Å². The SMILES string of the molecule is CCC(CCC(C)N)c1c(C)nn(C)c1C. The van der Waals surface area contributed by atoms with Crippen LogP contribution in [0.4, 0.5) is 0 Å². The molecule has 0 bridgehead atoms. The molecule has 0 fully saturated rings. The highest BCUT2D eigenvalue weighted by Gasteiger charge is 2.18. The minimum absolute atomic E-state index is 0.298. The number of aromatic nitrogens is 2. The van der Waals surface area contributed by atoms with Crippen LogP contribution in [0.2, 0.25) is 0 Å². The zero-order valence-electron chi connectivity index (χ0n) is 11.2. The summed E-state index contributed by atoms with van der Waals surface area (Å²) in [6, 6.07) is 0.298. The van der Waals surface area contributed by atoms with Crippen LogP contribution in [0.25, 0.3) is 0 Å². The zero-order valence-corrected chi connectivity index (χ0v) is 11.2. The van der Waals surface area contributed by atoms with Crippen LogP contribution in [-0.2, 0) is 7.05 Å². The highest BCUT2D eigenvalue weighted by molar-refractivity contribution is 5.28. The molecular weight excluding hydrogens is 198 g/mol. The molecule has 0 aromatic carbocycles. The van der Waals surface area contributed by atoms with Crippen LogP contribution in [0.5, 0.6) is 0 Å². The normalized spacial score (nSPS) is 15.1. The van der Waals surface area contributed by atoms with Crippen molar-refractivity contribution in [3.05, 3.63) is 17.0 Å². The molecule has 0 amide bonds. The molecule has 2 unspecified atom stereocenters. The molecule has 3 nitrogen and oxygen atoms in total. The van der Waals surface area contributed by atoms with E-state index in [-0.39, 0.29) is 0 Å². The van der Waals surface area contributed by atoms with Crippen LogP contribution in [-0.4, -0.2) is 15.8 Å². The van der Waals surface area contributed by atoms with Crippen molar-refractivity contribution in [2.75, 3.05) is 0 Å². The lowest BCUT2D eigenvalue weighted by molar-refractivity contribution is 0.528. The first-order chi connectivity index (χ1) is 7.47. The van der Waals surface area contributed by atoms with Gasteiger partial charge in [-0.1, -0.05) is 6.92 Å². The lowest BCUT2D eigenvalue weighted by atomic mass is 9.89. The summed E-state index contributed by atoms with van der Waals surface area (Å²) in [5, 5.41) is 4.49. The molecule has 0 aliphatic carbocycles. The summed E-state index contributed by atoms with van der Waals surface area (Å²) in [6.07, 6.45) is 3.42. The van der Waals surface area contributed by atoms with Crippen molar-refractivity contribution in [3.8, 4) is 0 Å². The van der Waals surface area contributed by atoms with Gasteiger partial charge in [0.05, 0.1) is 5.69 Å². The van der Waals surface area contributed by atoms with E-state index in [1.807, 2.05) is 11.7 Å². The Kier molecular flexibility index (Phi) is 4.54. The maximum Gasteiger partial charge on any atom is 0.0631 e. The minimum Gasteiger partial charge on any atom is -0.328 e. The Morgan fingerprint density at radius 1 is 1.31 bits per heavy atom. The Morgan fingerprint density at radius 2 is 1.94 bits per heavy atom. The van der Waals surface area contributed by atoms with E-state index in [9.17, 15) is 0 Å². The van der Waals surface area contributed by atoms with E-state index in [0.717, 1.165) is 6.42 Å². The van der Waals surface area contributed by atoms with E-state index in [1.54, 1.807) is 0 Å². The van der Waals surface area contributed by atoms with Crippen LogP contribution in [0, 0.1) is 13.8 Å². The Hall–Kier alpha value is -0.830. The summed E-state index contributed by atoms with van der Waals surface area (Å²) in [5.74, 6) is 0.611. The second kappa shape index (κ2) is 5.48. The van der Waals surface area contributed by atoms with Crippen LogP contribution in [0.15, 0.2) is 0 Å². The molecule has 0 aliphatic heterocycles. The molecule has 0 saturated heterocycles. The summed E-state index contributed by atoms with van der Waals surface area (Å²) in [5.41, 5.74) is 9.75. The van der Waals surface area contributed by atoms with E-state index < -0.39 is 0 Å². The first-order valence-electron chi connectivity index (χ1n) is 6.23. The fraction of sp³-hybridized carbons (Fsp3) is 0.769. The third-order valence-corrected chi connectivity index (χ3v) is 3.44. The van der Waals surface area contributed by atoms with Gasteiger partial charge in [-0.05, 0) is 51.5 Å². The van der Waals surface area contributed by atoms with Gasteiger partial charge in [0.15, 0.2) is 0 Å². The second-order valence-electron chi connectivity index (χ2n) is 4.87. The highest BCUT2D eigenvalue weighted by Crippen LogP contribution is 2.30. The highest BCUT2D eigenvalue weighted by atomic mass is 15.3. The molecule has 1 heterocycles. The minimum atomic E-state index is 0.298. The van der Waals surface area contributed by atoms with Crippen molar-refractivity contribution in [1.29, 1.82) is 0 Å². The van der Waals surface area contributed by atoms with Gasteiger partial charge in [-0.15, -0.1) is 0 Å². The summed E-state index contributed by atoms with van der Waals surface area (Å²) in [4.78, 5) is 0. The predicted molar refractivity (Wildman–Crippen MR) is 68.6 cm³/mol. The number of nitrogens with two attached hydrogens (primary N) is 1. The predicted octanol–water partition coefficient (Wildman–Crippen LogP) is 2.66. The zero-order chi connectivity index (χ0) is 12.3. The van der Waals surface area contributed by atoms with Crippen molar-refractivity contribution in [2.45, 2.75) is 58.9 Å². The molecule has 1 aromatic heterocycles. The van der Waals surface area contributed by atoms with Crippen molar-refractivity contribution >= 4 is 0 Å². The Balaban J connectivity index is 2.86. The lowest BCUT2D eigenvalue weighted by Gasteiger charge is -2.17. The molecule has 0 radical (unpaired) electrons. The number of hydrogen-bond acceptors (Lipinski definition) is 2.